The van der Waals surface area contributed by atoms with Gasteiger partial charge in [-0.25, -0.2) is 18.2 Å². The Morgan fingerprint density at radius 3 is 2.60 bits per heavy atom. The standard InChI is InChI=1S/C7H2F3N3O2/c8-3-2-12-4(1-11)6(13(14)15)5(3)7(9)10/h2,7H. The van der Waals surface area contributed by atoms with Crippen LogP contribution in [-0.2, 0) is 0 Å². The Morgan fingerprint density at radius 2 is 2.20 bits per heavy atom. The number of rotatable bonds is 2. The van der Waals surface area contributed by atoms with E-state index in [0.717, 1.165) is 0 Å². The van der Waals surface area contributed by atoms with Gasteiger partial charge in [0, 0.05) is 0 Å². The average Bonchev–Trinajstić information content (AvgIpc) is 2.16. The molecule has 0 atom stereocenters. The number of halogens is 3. The van der Waals surface area contributed by atoms with Crippen molar-refractivity contribution in [2.45, 2.75) is 6.43 Å². The van der Waals surface area contributed by atoms with Gasteiger partial charge in [-0.3, -0.25) is 10.1 Å². The van der Waals surface area contributed by atoms with E-state index in [4.69, 9.17) is 5.26 Å². The third kappa shape index (κ3) is 1.85. The second-order valence-corrected chi connectivity index (χ2v) is 2.39. The van der Waals surface area contributed by atoms with Gasteiger partial charge in [0.05, 0.1) is 11.1 Å². The molecule has 0 aliphatic heterocycles. The maximum absolute atomic E-state index is 12.8. The molecular weight excluding hydrogens is 215 g/mol. The first-order chi connectivity index (χ1) is 6.99. The van der Waals surface area contributed by atoms with Gasteiger partial charge in [0.25, 0.3) is 6.43 Å². The maximum atomic E-state index is 12.8. The first kappa shape index (κ1) is 10.9. The minimum absolute atomic E-state index is 0.354. The normalized spacial score (nSPS) is 10.1. The quantitative estimate of drug-likeness (QED) is 0.560. The van der Waals surface area contributed by atoms with Crippen molar-refractivity contribution in [3.8, 4) is 6.07 Å². The fraction of sp³-hybridized carbons (Fsp3) is 0.143. The number of hydrogen-bond acceptors (Lipinski definition) is 4. The molecule has 0 fully saturated rings. The number of nitriles is 1. The lowest BCUT2D eigenvalue weighted by molar-refractivity contribution is -0.387. The molecule has 78 valence electrons. The Labute approximate surface area is 80.9 Å². The molecule has 0 amide bonds. The predicted molar refractivity (Wildman–Crippen MR) is 40.5 cm³/mol. The zero-order chi connectivity index (χ0) is 11.6. The zero-order valence-electron chi connectivity index (χ0n) is 6.95. The van der Waals surface area contributed by atoms with Crippen LogP contribution in [0, 0.1) is 27.3 Å². The molecule has 1 heterocycles. The second kappa shape index (κ2) is 3.91. The molecule has 0 radical (unpaired) electrons. The molecule has 0 bridgehead atoms. The van der Waals surface area contributed by atoms with Crippen LogP contribution in [0.1, 0.15) is 17.7 Å². The summed E-state index contributed by atoms with van der Waals surface area (Å²) >= 11 is 0. The Kier molecular flexibility index (Phi) is 2.85. The fourth-order valence-electron chi connectivity index (χ4n) is 0.967. The van der Waals surface area contributed by atoms with E-state index < -0.39 is 34.1 Å². The van der Waals surface area contributed by atoms with Crippen LogP contribution in [0.25, 0.3) is 0 Å². The van der Waals surface area contributed by atoms with Crippen LogP contribution in [-0.4, -0.2) is 9.91 Å². The molecule has 1 aromatic heterocycles. The van der Waals surface area contributed by atoms with E-state index in [9.17, 15) is 23.3 Å². The summed E-state index contributed by atoms with van der Waals surface area (Å²) in [7, 11) is 0. The highest BCUT2D eigenvalue weighted by molar-refractivity contribution is 5.50. The molecule has 0 aliphatic rings. The first-order valence-corrected chi connectivity index (χ1v) is 3.50. The molecule has 15 heavy (non-hydrogen) atoms. The summed E-state index contributed by atoms with van der Waals surface area (Å²) in [6.45, 7) is 0. The summed E-state index contributed by atoms with van der Waals surface area (Å²) in [6.07, 6.45) is -3.02. The summed E-state index contributed by atoms with van der Waals surface area (Å²) in [5.41, 5.74) is -3.53. The molecule has 0 saturated carbocycles. The third-order valence-electron chi connectivity index (χ3n) is 1.55. The third-order valence-corrected chi connectivity index (χ3v) is 1.55. The largest absolute Gasteiger partial charge is 0.317 e. The fourth-order valence-corrected chi connectivity index (χ4v) is 0.967. The maximum Gasteiger partial charge on any atom is 0.317 e. The molecule has 0 saturated heterocycles. The Bertz CT molecular complexity index is 456. The lowest BCUT2D eigenvalue weighted by Crippen LogP contribution is -2.04. The number of nitrogens with zero attached hydrogens (tertiary/aromatic N) is 3. The van der Waals surface area contributed by atoms with Crippen molar-refractivity contribution in [2.75, 3.05) is 0 Å². The van der Waals surface area contributed by atoms with Gasteiger partial charge in [-0.15, -0.1) is 0 Å². The minimum Gasteiger partial charge on any atom is -0.258 e. The smallest absolute Gasteiger partial charge is 0.258 e. The zero-order valence-corrected chi connectivity index (χ0v) is 6.95. The van der Waals surface area contributed by atoms with E-state index >= 15 is 0 Å². The summed E-state index contributed by atoms with van der Waals surface area (Å²) in [6, 6.07) is 1.25. The van der Waals surface area contributed by atoms with Gasteiger partial charge < -0.3 is 0 Å². The highest BCUT2D eigenvalue weighted by Gasteiger charge is 2.30. The van der Waals surface area contributed by atoms with Crippen LogP contribution in [0.2, 0.25) is 0 Å². The molecular formula is C7H2F3N3O2. The molecule has 0 spiro atoms. The van der Waals surface area contributed by atoms with Crippen LogP contribution in [0.3, 0.4) is 0 Å². The lowest BCUT2D eigenvalue weighted by Gasteiger charge is -2.03. The lowest BCUT2D eigenvalue weighted by atomic mass is 10.2. The number of alkyl halides is 2. The van der Waals surface area contributed by atoms with E-state index in [2.05, 4.69) is 4.98 Å². The second-order valence-electron chi connectivity index (χ2n) is 2.39. The Balaban J connectivity index is 3.60. The molecule has 0 aromatic carbocycles. The molecule has 0 N–H and O–H groups in total. The van der Waals surface area contributed by atoms with Gasteiger partial charge in [-0.2, -0.15) is 5.26 Å². The minimum atomic E-state index is -3.37. The number of nitro groups is 1. The monoisotopic (exact) mass is 217 g/mol. The molecule has 1 rings (SSSR count). The van der Waals surface area contributed by atoms with Crippen LogP contribution < -0.4 is 0 Å². The van der Waals surface area contributed by atoms with Crippen molar-refractivity contribution in [1.29, 1.82) is 5.26 Å². The average molecular weight is 217 g/mol. The molecule has 0 unspecified atom stereocenters. The van der Waals surface area contributed by atoms with Crippen LogP contribution in [0.15, 0.2) is 6.20 Å². The van der Waals surface area contributed by atoms with Crippen molar-refractivity contribution in [3.05, 3.63) is 33.4 Å². The number of pyridine rings is 1. The van der Waals surface area contributed by atoms with Gasteiger partial charge in [0.15, 0.2) is 5.82 Å². The first-order valence-electron chi connectivity index (χ1n) is 3.50. The van der Waals surface area contributed by atoms with E-state index in [1.54, 1.807) is 0 Å². The van der Waals surface area contributed by atoms with Crippen molar-refractivity contribution in [2.24, 2.45) is 0 Å². The van der Waals surface area contributed by atoms with Crippen LogP contribution in [0.4, 0.5) is 18.9 Å². The SMILES string of the molecule is N#Cc1ncc(F)c(C(F)F)c1[N+](=O)[O-]. The number of hydrogen-bond donors (Lipinski definition) is 0. The molecule has 0 aliphatic carbocycles. The number of aromatic nitrogens is 1. The van der Waals surface area contributed by atoms with Gasteiger partial charge >= 0.3 is 5.69 Å². The summed E-state index contributed by atoms with van der Waals surface area (Å²) in [5.74, 6) is -1.50. The highest BCUT2D eigenvalue weighted by Crippen LogP contribution is 2.32. The highest BCUT2D eigenvalue weighted by atomic mass is 19.3. The molecule has 8 heteroatoms. The van der Waals surface area contributed by atoms with E-state index in [1.807, 2.05) is 0 Å². The summed E-state index contributed by atoms with van der Waals surface area (Å²) in [5, 5.41) is 18.8. The molecule has 1 aromatic rings. The van der Waals surface area contributed by atoms with Crippen molar-refractivity contribution < 1.29 is 18.1 Å². The van der Waals surface area contributed by atoms with Gasteiger partial charge in [-0.1, -0.05) is 0 Å². The van der Waals surface area contributed by atoms with Gasteiger partial charge in [0.2, 0.25) is 5.69 Å². The van der Waals surface area contributed by atoms with Crippen LogP contribution in [0.5, 0.6) is 0 Å². The topological polar surface area (TPSA) is 79.8 Å². The summed E-state index contributed by atoms with van der Waals surface area (Å²) in [4.78, 5) is 12.2. The van der Waals surface area contributed by atoms with E-state index in [-0.39, 0.29) is 0 Å². The molecule has 5 nitrogen and oxygen atoms in total. The van der Waals surface area contributed by atoms with Crippen molar-refractivity contribution >= 4 is 5.69 Å². The van der Waals surface area contributed by atoms with Crippen molar-refractivity contribution in [3.63, 3.8) is 0 Å². The van der Waals surface area contributed by atoms with E-state index in [0.29, 0.717) is 6.20 Å². The predicted octanol–water partition coefficient (Wildman–Crippen LogP) is 1.94. The van der Waals surface area contributed by atoms with E-state index in [1.165, 1.54) is 6.07 Å². The Hall–Kier alpha value is -2.17. The van der Waals surface area contributed by atoms with Crippen LogP contribution >= 0.6 is 0 Å². The van der Waals surface area contributed by atoms with Crippen molar-refractivity contribution in [1.82, 2.24) is 4.98 Å². The van der Waals surface area contributed by atoms with Gasteiger partial charge in [-0.05, 0) is 0 Å². The Morgan fingerprint density at radius 1 is 1.60 bits per heavy atom. The van der Waals surface area contributed by atoms with Gasteiger partial charge in [0.1, 0.15) is 11.6 Å². The summed E-state index contributed by atoms with van der Waals surface area (Å²) < 4.78 is 37.4.